The van der Waals surface area contributed by atoms with Crippen LogP contribution in [0.2, 0.25) is 0 Å². The molecule has 6 nitrogen and oxygen atoms in total. The number of hydrogen-bond donors (Lipinski definition) is 2. The molecule has 7 heteroatoms. The molecule has 19 heavy (non-hydrogen) atoms. The molecule has 0 aliphatic heterocycles. The Hall–Kier alpha value is -1.99. The summed E-state index contributed by atoms with van der Waals surface area (Å²) >= 11 is 0. The Kier molecular flexibility index (Phi) is 3.78. The van der Waals surface area contributed by atoms with Gasteiger partial charge in [0.25, 0.3) is 0 Å². The number of benzene rings is 1. The van der Waals surface area contributed by atoms with E-state index in [4.69, 9.17) is 14.2 Å². The van der Waals surface area contributed by atoms with Gasteiger partial charge < -0.3 is 24.3 Å². The molecule has 0 bridgehead atoms. The van der Waals surface area contributed by atoms with E-state index >= 15 is 0 Å². The van der Waals surface area contributed by atoms with Gasteiger partial charge in [-0.3, -0.25) is 0 Å². The molecule has 0 radical (unpaired) electrons. The third kappa shape index (κ3) is 2.43. The van der Waals surface area contributed by atoms with Gasteiger partial charge in [0.2, 0.25) is 5.88 Å². The van der Waals surface area contributed by atoms with Crippen molar-refractivity contribution < 1.29 is 24.3 Å². The summed E-state index contributed by atoms with van der Waals surface area (Å²) in [4.78, 5) is 4.23. The van der Waals surface area contributed by atoms with Crippen molar-refractivity contribution in [3.63, 3.8) is 0 Å². The van der Waals surface area contributed by atoms with Gasteiger partial charge >= 0.3 is 7.12 Å². The van der Waals surface area contributed by atoms with Gasteiger partial charge in [0.05, 0.1) is 26.8 Å². The molecule has 2 aromatic rings. The molecule has 1 aromatic heterocycles. The predicted molar refractivity (Wildman–Crippen MR) is 71.2 cm³/mol. The lowest BCUT2D eigenvalue weighted by atomic mass is 9.80. The highest BCUT2D eigenvalue weighted by atomic mass is 16.5. The molecule has 2 rings (SSSR count). The van der Waals surface area contributed by atoms with E-state index in [0.29, 0.717) is 22.4 Å². The first kappa shape index (κ1) is 13.4. The Balaban J connectivity index is 2.76. The van der Waals surface area contributed by atoms with Crippen LogP contribution in [0.3, 0.4) is 0 Å². The van der Waals surface area contributed by atoms with Crippen molar-refractivity contribution in [1.82, 2.24) is 4.98 Å². The van der Waals surface area contributed by atoms with Crippen LogP contribution < -0.4 is 19.7 Å². The van der Waals surface area contributed by atoms with Gasteiger partial charge in [-0.2, -0.15) is 0 Å². The summed E-state index contributed by atoms with van der Waals surface area (Å²) in [6.07, 6.45) is 0. The summed E-state index contributed by atoms with van der Waals surface area (Å²) in [6.45, 7) is 0. The van der Waals surface area contributed by atoms with Crippen molar-refractivity contribution in [3.05, 3.63) is 18.2 Å². The van der Waals surface area contributed by atoms with E-state index in [2.05, 4.69) is 4.98 Å². The molecule has 0 aliphatic rings. The van der Waals surface area contributed by atoms with Gasteiger partial charge in [0.1, 0.15) is 11.5 Å². The number of methoxy groups -OCH3 is 3. The number of fused-ring (bicyclic) bond motifs is 1. The van der Waals surface area contributed by atoms with Crippen LogP contribution in [0.15, 0.2) is 18.2 Å². The summed E-state index contributed by atoms with van der Waals surface area (Å²) in [5.74, 6) is 1.28. The summed E-state index contributed by atoms with van der Waals surface area (Å²) in [5, 5.41) is 19.3. The predicted octanol–water partition coefficient (Wildman–Crippen LogP) is -0.0596. The van der Waals surface area contributed by atoms with Gasteiger partial charge in [-0.15, -0.1) is 0 Å². The first-order chi connectivity index (χ1) is 9.10. The molecule has 0 saturated heterocycles. The number of hydrogen-bond acceptors (Lipinski definition) is 6. The molecule has 0 spiro atoms. The maximum Gasteiger partial charge on any atom is 0.494 e. The molecule has 2 N–H and O–H groups in total. The van der Waals surface area contributed by atoms with Gasteiger partial charge in [-0.05, 0) is 6.07 Å². The van der Waals surface area contributed by atoms with Gasteiger partial charge in [-0.25, -0.2) is 4.98 Å². The van der Waals surface area contributed by atoms with Gasteiger partial charge in [0, 0.05) is 23.0 Å². The van der Waals surface area contributed by atoms with E-state index in [-0.39, 0.29) is 11.3 Å². The molecule has 0 unspecified atom stereocenters. The highest BCUT2D eigenvalue weighted by Crippen LogP contribution is 2.30. The standard InChI is InChI=1S/C12H14BNO5/c1-17-7-4-10-8(11(5-7)18-2)6-9(13(15)16)12(14-10)19-3/h4-6,15-16H,1-3H3. The summed E-state index contributed by atoms with van der Waals surface area (Å²) in [6, 6.07) is 4.99. The smallest absolute Gasteiger partial charge is 0.494 e. The van der Waals surface area contributed by atoms with E-state index in [0.717, 1.165) is 0 Å². The quantitative estimate of drug-likeness (QED) is 0.752. The zero-order valence-electron chi connectivity index (χ0n) is 10.9. The largest absolute Gasteiger partial charge is 0.497 e. The van der Waals surface area contributed by atoms with E-state index in [1.807, 2.05) is 0 Å². The SMILES string of the molecule is COc1cc(OC)c2cc(B(O)O)c(OC)nc2c1. The molecule has 0 saturated carbocycles. The Morgan fingerprint density at radius 3 is 2.26 bits per heavy atom. The van der Waals surface area contributed by atoms with E-state index in [1.165, 1.54) is 14.2 Å². The third-order valence-electron chi connectivity index (χ3n) is 2.79. The van der Waals surface area contributed by atoms with Crippen LogP contribution in [0.4, 0.5) is 0 Å². The number of ether oxygens (including phenoxy) is 3. The van der Waals surface area contributed by atoms with Crippen LogP contribution >= 0.6 is 0 Å². The maximum absolute atomic E-state index is 9.33. The fourth-order valence-electron chi connectivity index (χ4n) is 1.85. The lowest BCUT2D eigenvalue weighted by molar-refractivity contribution is 0.390. The molecule has 1 aromatic carbocycles. The Morgan fingerprint density at radius 2 is 1.74 bits per heavy atom. The first-order valence-electron chi connectivity index (χ1n) is 5.57. The lowest BCUT2D eigenvalue weighted by Crippen LogP contribution is -2.31. The Bertz CT molecular complexity index is 602. The minimum atomic E-state index is -1.67. The van der Waals surface area contributed by atoms with Gasteiger partial charge in [0.15, 0.2) is 0 Å². The van der Waals surface area contributed by atoms with Crippen LogP contribution in [-0.4, -0.2) is 43.5 Å². The maximum atomic E-state index is 9.33. The van der Waals surface area contributed by atoms with Crippen molar-refractivity contribution in [1.29, 1.82) is 0 Å². The van der Waals surface area contributed by atoms with Crippen LogP contribution in [0.25, 0.3) is 10.9 Å². The van der Waals surface area contributed by atoms with Crippen molar-refractivity contribution in [2.24, 2.45) is 0 Å². The molecule has 0 aliphatic carbocycles. The minimum absolute atomic E-state index is 0.151. The van der Waals surface area contributed by atoms with Crippen molar-refractivity contribution in [3.8, 4) is 17.4 Å². The van der Waals surface area contributed by atoms with Crippen molar-refractivity contribution in [2.45, 2.75) is 0 Å². The average Bonchev–Trinajstić information content (AvgIpc) is 2.44. The number of aromatic nitrogens is 1. The fraction of sp³-hybridized carbons (Fsp3) is 0.250. The van der Waals surface area contributed by atoms with Crippen LogP contribution in [0.5, 0.6) is 17.4 Å². The topological polar surface area (TPSA) is 81.0 Å². The zero-order chi connectivity index (χ0) is 14.0. The Morgan fingerprint density at radius 1 is 1.00 bits per heavy atom. The van der Waals surface area contributed by atoms with Crippen LogP contribution in [0, 0.1) is 0 Å². The number of rotatable bonds is 4. The van der Waals surface area contributed by atoms with E-state index in [1.54, 1.807) is 25.3 Å². The van der Waals surface area contributed by atoms with Crippen LogP contribution in [0.1, 0.15) is 0 Å². The van der Waals surface area contributed by atoms with Gasteiger partial charge in [-0.1, -0.05) is 0 Å². The molecule has 0 atom stereocenters. The summed E-state index contributed by atoms with van der Waals surface area (Å²) < 4.78 is 15.5. The second-order valence-electron chi connectivity index (χ2n) is 3.86. The normalized spacial score (nSPS) is 10.4. The Labute approximate surface area is 110 Å². The number of pyridine rings is 1. The lowest BCUT2D eigenvalue weighted by Gasteiger charge is -2.12. The highest BCUT2D eigenvalue weighted by Gasteiger charge is 2.21. The molecule has 100 valence electrons. The van der Waals surface area contributed by atoms with E-state index in [9.17, 15) is 10.0 Å². The molecule has 1 heterocycles. The summed E-state index contributed by atoms with van der Waals surface area (Å²) in [5.41, 5.74) is 0.760. The first-order valence-corrected chi connectivity index (χ1v) is 5.57. The summed E-state index contributed by atoms with van der Waals surface area (Å²) in [7, 11) is 2.81. The average molecular weight is 263 g/mol. The number of nitrogens with zero attached hydrogens (tertiary/aromatic N) is 1. The molecule has 0 amide bonds. The molecular formula is C12H14BNO5. The highest BCUT2D eigenvalue weighted by molar-refractivity contribution is 6.60. The second-order valence-corrected chi connectivity index (χ2v) is 3.86. The fourth-order valence-corrected chi connectivity index (χ4v) is 1.85. The monoisotopic (exact) mass is 263 g/mol. The van der Waals surface area contributed by atoms with Crippen LogP contribution in [-0.2, 0) is 0 Å². The minimum Gasteiger partial charge on any atom is -0.497 e. The van der Waals surface area contributed by atoms with Crippen molar-refractivity contribution >= 4 is 23.5 Å². The third-order valence-corrected chi connectivity index (χ3v) is 2.79. The van der Waals surface area contributed by atoms with E-state index < -0.39 is 7.12 Å². The zero-order valence-corrected chi connectivity index (χ0v) is 10.9. The van der Waals surface area contributed by atoms with Crippen molar-refractivity contribution in [2.75, 3.05) is 21.3 Å². The second kappa shape index (κ2) is 5.33. The molecule has 0 fully saturated rings. The molecular weight excluding hydrogens is 249 g/mol.